The van der Waals surface area contributed by atoms with Crippen molar-refractivity contribution in [2.45, 2.75) is 38.5 Å². The van der Waals surface area contributed by atoms with Crippen LogP contribution in [0.25, 0.3) is 0 Å². The van der Waals surface area contributed by atoms with E-state index < -0.39 is 5.91 Å². The van der Waals surface area contributed by atoms with E-state index in [0.29, 0.717) is 6.61 Å². The summed E-state index contributed by atoms with van der Waals surface area (Å²) in [6.45, 7) is 0.423. The van der Waals surface area contributed by atoms with Crippen molar-refractivity contribution >= 4 is 5.91 Å². The number of hydrogen-bond acceptors (Lipinski definition) is 4. The molecule has 1 aromatic carbocycles. The van der Waals surface area contributed by atoms with Gasteiger partial charge in [-0.3, -0.25) is 9.48 Å². The zero-order valence-electron chi connectivity index (χ0n) is 12.4. The lowest BCUT2D eigenvalue weighted by Crippen LogP contribution is -2.23. The van der Waals surface area contributed by atoms with Crippen LogP contribution in [-0.4, -0.2) is 15.7 Å². The topological polar surface area (TPSA) is 96.2 Å². The number of benzene rings is 1. The summed E-state index contributed by atoms with van der Waals surface area (Å²) < 4.78 is 7.46. The lowest BCUT2D eigenvalue weighted by atomic mass is 9.91. The molecule has 6 heteroatoms. The van der Waals surface area contributed by atoms with E-state index >= 15 is 0 Å². The number of aromatic nitrogens is 2. The fraction of sp³-hybridized carbons (Fsp3) is 0.375. The van der Waals surface area contributed by atoms with Crippen LogP contribution >= 0.6 is 0 Å². The summed E-state index contributed by atoms with van der Waals surface area (Å²) in [5.74, 6) is 0.380. The molecule has 1 aromatic heterocycles. The van der Waals surface area contributed by atoms with E-state index in [4.69, 9.17) is 16.2 Å². The summed E-state index contributed by atoms with van der Waals surface area (Å²) in [6, 6.07) is 9.51. The van der Waals surface area contributed by atoms with Crippen LogP contribution in [-0.2, 0) is 24.4 Å². The number of fused-ring (bicyclic) bond motifs is 1. The fourth-order valence-corrected chi connectivity index (χ4v) is 2.94. The lowest BCUT2D eigenvalue weighted by molar-refractivity contribution is -0.118. The summed E-state index contributed by atoms with van der Waals surface area (Å²) in [5, 5.41) is 4.51. The monoisotopic (exact) mass is 300 g/mol. The number of carbonyl (C=O) groups excluding carboxylic acids is 1. The van der Waals surface area contributed by atoms with E-state index in [1.54, 1.807) is 4.68 Å². The second-order valence-electron chi connectivity index (χ2n) is 5.53. The first-order valence-electron chi connectivity index (χ1n) is 7.45. The Balaban J connectivity index is 1.86. The Labute approximate surface area is 129 Å². The van der Waals surface area contributed by atoms with Crippen molar-refractivity contribution in [3.8, 4) is 5.75 Å². The second kappa shape index (κ2) is 6.19. The molecule has 1 aliphatic rings. The third-order valence-electron chi connectivity index (χ3n) is 3.90. The van der Waals surface area contributed by atoms with Crippen LogP contribution in [0.5, 0.6) is 5.75 Å². The number of para-hydroxylation sites is 1. The molecule has 22 heavy (non-hydrogen) atoms. The predicted octanol–water partition coefficient (Wildman–Crippen LogP) is 1.28. The van der Waals surface area contributed by atoms with Gasteiger partial charge in [0.2, 0.25) is 5.91 Å². The molecule has 0 fully saturated rings. The van der Waals surface area contributed by atoms with Crippen LogP contribution in [0.1, 0.15) is 35.8 Å². The number of hydrogen-bond donors (Lipinski definition) is 2. The normalized spacial score (nSPS) is 17.0. The molecule has 1 heterocycles. The van der Waals surface area contributed by atoms with E-state index in [0.717, 1.165) is 42.0 Å². The molecule has 3 rings (SSSR count). The van der Waals surface area contributed by atoms with Gasteiger partial charge in [0.25, 0.3) is 0 Å². The first-order valence-corrected chi connectivity index (χ1v) is 7.45. The standard InChI is InChI=1S/C16H20N4O2/c17-12-7-4-8-14-16(12)13(19-20(14)9-15(18)21)10-22-11-5-2-1-3-6-11/h1-3,5-6,12H,4,7-10,17H2,(H2,18,21). The largest absolute Gasteiger partial charge is 0.487 e. The van der Waals surface area contributed by atoms with Crippen LogP contribution in [0.2, 0.25) is 0 Å². The van der Waals surface area contributed by atoms with Crippen molar-refractivity contribution in [1.29, 1.82) is 0 Å². The molecule has 0 bridgehead atoms. The van der Waals surface area contributed by atoms with Gasteiger partial charge in [0.1, 0.15) is 24.6 Å². The molecule has 0 spiro atoms. The Morgan fingerprint density at radius 1 is 1.36 bits per heavy atom. The van der Waals surface area contributed by atoms with Crippen molar-refractivity contribution in [3.63, 3.8) is 0 Å². The van der Waals surface area contributed by atoms with Gasteiger partial charge in [-0.05, 0) is 31.4 Å². The number of nitrogens with two attached hydrogens (primary N) is 2. The average molecular weight is 300 g/mol. The van der Waals surface area contributed by atoms with Crippen molar-refractivity contribution in [2.24, 2.45) is 11.5 Å². The number of primary amides is 1. The van der Waals surface area contributed by atoms with Crippen LogP contribution in [0.3, 0.4) is 0 Å². The minimum Gasteiger partial charge on any atom is -0.487 e. The first kappa shape index (κ1) is 14.6. The molecule has 0 saturated heterocycles. The minimum absolute atomic E-state index is 0.0558. The number of nitrogens with zero attached hydrogens (tertiary/aromatic N) is 2. The van der Waals surface area contributed by atoms with E-state index in [1.807, 2.05) is 30.3 Å². The second-order valence-corrected chi connectivity index (χ2v) is 5.53. The van der Waals surface area contributed by atoms with E-state index in [2.05, 4.69) is 5.10 Å². The maximum atomic E-state index is 11.2. The molecule has 1 unspecified atom stereocenters. The van der Waals surface area contributed by atoms with E-state index in [-0.39, 0.29) is 12.6 Å². The summed E-state index contributed by atoms with van der Waals surface area (Å²) in [7, 11) is 0. The highest BCUT2D eigenvalue weighted by molar-refractivity contribution is 5.73. The van der Waals surface area contributed by atoms with Gasteiger partial charge in [0.05, 0.1) is 0 Å². The van der Waals surface area contributed by atoms with Crippen LogP contribution in [0.15, 0.2) is 30.3 Å². The van der Waals surface area contributed by atoms with Crippen LogP contribution in [0, 0.1) is 0 Å². The van der Waals surface area contributed by atoms with Crippen molar-refractivity contribution < 1.29 is 9.53 Å². The smallest absolute Gasteiger partial charge is 0.239 e. The molecular weight excluding hydrogens is 280 g/mol. The van der Waals surface area contributed by atoms with Gasteiger partial charge in [-0.2, -0.15) is 5.10 Å². The molecule has 0 aliphatic heterocycles. The average Bonchev–Trinajstić information content (AvgIpc) is 2.85. The van der Waals surface area contributed by atoms with Crippen LogP contribution in [0.4, 0.5) is 0 Å². The maximum Gasteiger partial charge on any atom is 0.239 e. The Morgan fingerprint density at radius 3 is 2.86 bits per heavy atom. The molecule has 2 aromatic rings. The predicted molar refractivity (Wildman–Crippen MR) is 82.1 cm³/mol. The zero-order chi connectivity index (χ0) is 15.5. The Bertz CT molecular complexity index is 666. The van der Waals surface area contributed by atoms with Crippen molar-refractivity contribution in [3.05, 3.63) is 47.3 Å². The molecule has 4 N–H and O–H groups in total. The van der Waals surface area contributed by atoms with Gasteiger partial charge < -0.3 is 16.2 Å². The van der Waals surface area contributed by atoms with Gasteiger partial charge in [0, 0.05) is 17.3 Å². The Kier molecular flexibility index (Phi) is 4.11. The van der Waals surface area contributed by atoms with Crippen LogP contribution < -0.4 is 16.2 Å². The summed E-state index contributed by atoms with van der Waals surface area (Å²) >= 11 is 0. The van der Waals surface area contributed by atoms with Gasteiger partial charge in [-0.1, -0.05) is 18.2 Å². The first-order chi connectivity index (χ1) is 10.6. The third-order valence-corrected chi connectivity index (χ3v) is 3.90. The third kappa shape index (κ3) is 2.96. The van der Waals surface area contributed by atoms with Crippen molar-refractivity contribution in [1.82, 2.24) is 9.78 Å². The molecular formula is C16H20N4O2. The maximum absolute atomic E-state index is 11.2. The number of rotatable bonds is 5. The highest BCUT2D eigenvalue weighted by Gasteiger charge is 2.26. The minimum atomic E-state index is -0.403. The zero-order valence-corrected chi connectivity index (χ0v) is 12.4. The summed E-state index contributed by atoms with van der Waals surface area (Å²) in [5.41, 5.74) is 14.4. The van der Waals surface area contributed by atoms with E-state index in [1.165, 1.54) is 0 Å². The lowest BCUT2D eigenvalue weighted by Gasteiger charge is -2.20. The fourth-order valence-electron chi connectivity index (χ4n) is 2.94. The van der Waals surface area contributed by atoms with Gasteiger partial charge in [0.15, 0.2) is 0 Å². The molecule has 1 atom stereocenters. The van der Waals surface area contributed by atoms with E-state index in [9.17, 15) is 4.79 Å². The SMILES string of the molecule is NC(=O)Cn1nc(COc2ccccc2)c2c1CCCC2N. The number of amides is 1. The van der Waals surface area contributed by atoms with Gasteiger partial charge >= 0.3 is 0 Å². The highest BCUT2D eigenvalue weighted by Crippen LogP contribution is 2.31. The van der Waals surface area contributed by atoms with Crippen molar-refractivity contribution in [2.75, 3.05) is 0 Å². The van der Waals surface area contributed by atoms with Gasteiger partial charge in [-0.15, -0.1) is 0 Å². The molecule has 0 saturated carbocycles. The molecule has 116 valence electrons. The molecule has 6 nitrogen and oxygen atoms in total. The molecule has 0 radical (unpaired) electrons. The highest BCUT2D eigenvalue weighted by atomic mass is 16.5. The van der Waals surface area contributed by atoms with Gasteiger partial charge in [-0.25, -0.2) is 0 Å². The molecule has 1 aliphatic carbocycles. The number of ether oxygens (including phenoxy) is 1. The Morgan fingerprint density at radius 2 is 2.14 bits per heavy atom. The summed E-state index contributed by atoms with van der Waals surface area (Å²) in [6.07, 6.45) is 2.79. The number of carbonyl (C=O) groups is 1. The quantitative estimate of drug-likeness (QED) is 0.869. The molecule has 1 amide bonds. The summed E-state index contributed by atoms with van der Waals surface area (Å²) in [4.78, 5) is 11.2. The Hall–Kier alpha value is -2.34.